The van der Waals surface area contributed by atoms with E-state index in [-0.39, 0.29) is 11.8 Å². The van der Waals surface area contributed by atoms with E-state index in [0.717, 1.165) is 25.0 Å². The van der Waals surface area contributed by atoms with Crippen molar-refractivity contribution in [2.24, 2.45) is 0 Å². The zero-order valence-electron chi connectivity index (χ0n) is 11.4. The minimum absolute atomic E-state index is 0.0788. The van der Waals surface area contributed by atoms with Gasteiger partial charge in [-0.2, -0.15) is 0 Å². The molecule has 110 valence electrons. The van der Waals surface area contributed by atoms with E-state index in [2.05, 4.69) is 0 Å². The Morgan fingerprint density at radius 2 is 2.25 bits per heavy atom. The Morgan fingerprint density at radius 3 is 2.95 bits per heavy atom. The molecule has 0 radical (unpaired) electrons. The molecular formula is C14H18F2N2O2. The van der Waals surface area contributed by atoms with Gasteiger partial charge in [-0.15, -0.1) is 0 Å². The summed E-state index contributed by atoms with van der Waals surface area (Å²) < 4.78 is 33.1. The molecule has 1 heterocycles. The van der Waals surface area contributed by atoms with Gasteiger partial charge in [-0.05, 0) is 31.9 Å². The van der Waals surface area contributed by atoms with E-state index in [1.54, 1.807) is 0 Å². The van der Waals surface area contributed by atoms with Crippen LogP contribution < -0.4 is 5.73 Å². The first kappa shape index (κ1) is 14.7. The maximum absolute atomic E-state index is 13.9. The number of piperidine rings is 1. The molecule has 0 saturated carbocycles. The first-order valence-corrected chi connectivity index (χ1v) is 6.69. The molecule has 0 aromatic heterocycles. The van der Waals surface area contributed by atoms with Crippen molar-refractivity contribution in [2.75, 3.05) is 25.4 Å². The van der Waals surface area contributed by atoms with Crippen LogP contribution in [0.1, 0.15) is 30.1 Å². The van der Waals surface area contributed by atoms with Crippen LogP contribution in [0.5, 0.6) is 0 Å². The highest BCUT2D eigenvalue weighted by Gasteiger charge is 2.29. The molecule has 1 amide bonds. The molecule has 6 heteroatoms. The minimum Gasteiger partial charge on any atom is -0.396 e. The average Bonchev–Trinajstić information content (AvgIpc) is 2.44. The number of benzene rings is 1. The van der Waals surface area contributed by atoms with E-state index in [1.165, 1.54) is 4.90 Å². The Kier molecular flexibility index (Phi) is 4.54. The van der Waals surface area contributed by atoms with E-state index in [1.807, 2.05) is 6.92 Å². The number of nitrogens with two attached hydrogens (primary N) is 1. The van der Waals surface area contributed by atoms with E-state index < -0.39 is 23.1 Å². The lowest BCUT2D eigenvalue weighted by Gasteiger charge is -2.32. The van der Waals surface area contributed by atoms with E-state index in [0.29, 0.717) is 19.7 Å². The van der Waals surface area contributed by atoms with Crippen LogP contribution in [0.25, 0.3) is 0 Å². The highest BCUT2D eigenvalue weighted by molar-refractivity contribution is 5.95. The standard InChI is InChI=1S/C14H18F2N2O2/c1-2-20-9-4-3-7-18(8-9)14(19)12-10(15)5-6-11(17)13(12)16/h5-6,9H,2-4,7-8,17H2,1H3. The normalized spacial score (nSPS) is 19.1. The van der Waals surface area contributed by atoms with Crippen LogP contribution in [0, 0.1) is 11.6 Å². The third kappa shape index (κ3) is 2.90. The number of ether oxygens (including phenoxy) is 1. The van der Waals surface area contributed by atoms with Gasteiger partial charge in [0.2, 0.25) is 0 Å². The lowest BCUT2D eigenvalue weighted by molar-refractivity contribution is 0.00690. The lowest BCUT2D eigenvalue weighted by atomic mass is 10.1. The van der Waals surface area contributed by atoms with Gasteiger partial charge in [-0.1, -0.05) is 0 Å². The average molecular weight is 284 g/mol. The second-order valence-corrected chi connectivity index (χ2v) is 4.80. The van der Waals surface area contributed by atoms with Gasteiger partial charge in [0.25, 0.3) is 5.91 Å². The third-order valence-electron chi connectivity index (χ3n) is 3.40. The molecule has 1 atom stereocenters. The summed E-state index contributed by atoms with van der Waals surface area (Å²) in [6.45, 7) is 3.24. The summed E-state index contributed by atoms with van der Waals surface area (Å²) in [5, 5.41) is 0. The summed E-state index contributed by atoms with van der Waals surface area (Å²) in [7, 11) is 0. The van der Waals surface area contributed by atoms with Gasteiger partial charge in [0.1, 0.15) is 11.4 Å². The highest BCUT2D eigenvalue weighted by atomic mass is 19.1. The predicted molar refractivity (Wildman–Crippen MR) is 71.3 cm³/mol. The van der Waals surface area contributed by atoms with Crippen LogP contribution in [0.4, 0.5) is 14.5 Å². The van der Waals surface area contributed by atoms with Crippen molar-refractivity contribution in [1.29, 1.82) is 0 Å². The second kappa shape index (κ2) is 6.17. The van der Waals surface area contributed by atoms with Crippen molar-refractivity contribution in [1.82, 2.24) is 4.90 Å². The fourth-order valence-electron chi connectivity index (χ4n) is 2.42. The van der Waals surface area contributed by atoms with Gasteiger partial charge >= 0.3 is 0 Å². The van der Waals surface area contributed by atoms with Crippen LogP contribution in [0.3, 0.4) is 0 Å². The fourth-order valence-corrected chi connectivity index (χ4v) is 2.42. The van der Waals surface area contributed by atoms with Crippen LogP contribution in [-0.4, -0.2) is 36.6 Å². The number of nitrogen functional groups attached to an aromatic ring is 1. The molecule has 2 rings (SSSR count). The number of carbonyl (C=O) groups is 1. The fraction of sp³-hybridized carbons (Fsp3) is 0.500. The largest absolute Gasteiger partial charge is 0.396 e. The van der Waals surface area contributed by atoms with Crippen molar-refractivity contribution >= 4 is 11.6 Å². The smallest absolute Gasteiger partial charge is 0.260 e. The minimum atomic E-state index is -0.992. The molecule has 1 aliphatic rings. The molecule has 1 saturated heterocycles. The summed E-state index contributed by atoms with van der Waals surface area (Å²) in [6.07, 6.45) is 1.52. The van der Waals surface area contributed by atoms with Crippen molar-refractivity contribution in [3.8, 4) is 0 Å². The number of nitrogens with zero attached hydrogens (tertiary/aromatic N) is 1. The van der Waals surface area contributed by atoms with Gasteiger partial charge < -0.3 is 15.4 Å². The topological polar surface area (TPSA) is 55.6 Å². The second-order valence-electron chi connectivity index (χ2n) is 4.80. The Hall–Kier alpha value is -1.69. The van der Waals surface area contributed by atoms with Gasteiger partial charge in [-0.25, -0.2) is 8.78 Å². The molecule has 1 aromatic carbocycles. The molecule has 2 N–H and O–H groups in total. The zero-order valence-corrected chi connectivity index (χ0v) is 11.4. The summed E-state index contributed by atoms with van der Waals surface area (Å²) in [6, 6.07) is 2.12. The van der Waals surface area contributed by atoms with Crippen molar-refractivity contribution in [2.45, 2.75) is 25.9 Å². The van der Waals surface area contributed by atoms with Crippen LogP contribution in [0.15, 0.2) is 12.1 Å². The summed E-state index contributed by atoms with van der Waals surface area (Å²) in [5.41, 5.74) is 4.58. The quantitative estimate of drug-likeness (QED) is 0.866. The lowest BCUT2D eigenvalue weighted by Crippen LogP contribution is -2.43. The number of rotatable bonds is 3. The first-order chi connectivity index (χ1) is 9.54. The SMILES string of the molecule is CCOC1CCCN(C(=O)c2c(F)ccc(N)c2F)C1. The molecule has 20 heavy (non-hydrogen) atoms. The number of halogens is 2. The van der Waals surface area contributed by atoms with Crippen LogP contribution in [0.2, 0.25) is 0 Å². The molecule has 1 aromatic rings. The van der Waals surface area contributed by atoms with Crippen molar-refractivity contribution < 1.29 is 18.3 Å². The van der Waals surface area contributed by atoms with Crippen molar-refractivity contribution in [3.05, 3.63) is 29.3 Å². The van der Waals surface area contributed by atoms with Gasteiger partial charge in [0.15, 0.2) is 5.82 Å². The maximum Gasteiger partial charge on any atom is 0.260 e. The molecule has 0 spiro atoms. The van der Waals surface area contributed by atoms with E-state index >= 15 is 0 Å². The molecule has 4 nitrogen and oxygen atoms in total. The molecule has 1 aliphatic heterocycles. The number of hydrogen-bond donors (Lipinski definition) is 1. The van der Waals surface area contributed by atoms with E-state index in [4.69, 9.17) is 10.5 Å². The number of carbonyl (C=O) groups excluding carboxylic acids is 1. The third-order valence-corrected chi connectivity index (χ3v) is 3.40. The molecular weight excluding hydrogens is 266 g/mol. The predicted octanol–water partition coefficient (Wildman–Crippen LogP) is 2.19. The Labute approximate surface area is 116 Å². The van der Waals surface area contributed by atoms with Gasteiger partial charge in [0.05, 0.1) is 11.8 Å². The Bertz CT molecular complexity index is 506. The number of hydrogen-bond acceptors (Lipinski definition) is 3. The summed E-state index contributed by atoms with van der Waals surface area (Å²) >= 11 is 0. The number of anilines is 1. The molecule has 1 fully saturated rings. The van der Waals surface area contributed by atoms with Gasteiger partial charge in [0, 0.05) is 19.7 Å². The Morgan fingerprint density at radius 1 is 1.50 bits per heavy atom. The molecule has 1 unspecified atom stereocenters. The van der Waals surface area contributed by atoms with Crippen LogP contribution >= 0.6 is 0 Å². The summed E-state index contributed by atoms with van der Waals surface area (Å²) in [4.78, 5) is 13.7. The zero-order chi connectivity index (χ0) is 14.7. The summed E-state index contributed by atoms with van der Waals surface area (Å²) in [5.74, 6) is -2.55. The number of likely N-dealkylation sites (tertiary alicyclic amines) is 1. The highest BCUT2D eigenvalue weighted by Crippen LogP contribution is 2.22. The van der Waals surface area contributed by atoms with E-state index in [9.17, 15) is 13.6 Å². The first-order valence-electron chi connectivity index (χ1n) is 6.69. The maximum atomic E-state index is 13.9. The van der Waals surface area contributed by atoms with Crippen molar-refractivity contribution in [3.63, 3.8) is 0 Å². The number of amides is 1. The molecule has 0 bridgehead atoms. The van der Waals surface area contributed by atoms with Crippen LogP contribution in [-0.2, 0) is 4.74 Å². The Balaban J connectivity index is 2.21. The monoisotopic (exact) mass is 284 g/mol. The molecule has 0 aliphatic carbocycles. The van der Waals surface area contributed by atoms with Gasteiger partial charge in [-0.3, -0.25) is 4.79 Å².